The maximum absolute atomic E-state index is 12.8. The second-order valence-electron chi connectivity index (χ2n) is 7.12. The third-order valence-electron chi connectivity index (χ3n) is 5.02. The van der Waals surface area contributed by atoms with Crippen LogP contribution in [0.15, 0.2) is 29.2 Å². The van der Waals surface area contributed by atoms with E-state index in [0.29, 0.717) is 44.0 Å². The molecule has 0 atom stereocenters. The number of methoxy groups -OCH3 is 1. The number of sulfonamides is 1. The van der Waals surface area contributed by atoms with E-state index < -0.39 is 10.0 Å². The van der Waals surface area contributed by atoms with Gasteiger partial charge in [0.1, 0.15) is 0 Å². The number of hydrogen-bond donors (Lipinski definition) is 0. The van der Waals surface area contributed by atoms with Crippen LogP contribution in [0, 0.1) is 0 Å². The summed E-state index contributed by atoms with van der Waals surface area (Å²) in [5.74, 6) is 0.0902. The first-order valence-electron chi connectivity index (χ1n) is 9.77. The predicted octanol–water partition coefficient (Wildman–Crippen LogP) is 2.68. The van der Waals surface area contributed by atoms with Gasteiger partial charge in [0.05, 0.1) is 4.90 Å². The molecule has 7 heteroatoms. The summed E-state index contributed by atoms with van der Waals surface area (Å²) in [6.45, 7) is 2.53. The van der Waals surface area contributed by atoms with Crippen molar-refractivity contribution in [1.29, 1.82) is 0 Å². The van der Waals surface area contributed by atoms with Gasteiger partial charge in [0.15, 0.2) is 0 Å². The smallest absolute Gasteiger partial charge is 0.243 e. The summed E-state index contributed by atoms with van der Waals surface area (Å²) >= 11 is 0. The van der Waals surface area contributed by atoms with Crippen LogP contribution in [0.4, 0.5) is 0 Å². The van der Waals surface area contributed by atoms with E-state index in [2.05, 4.69) is 0 Å². The lowest BCUT2D eigenvalue weighted by atomic mass is 10.1. The zero-order valence-corrected chi connectivity index (χ0v) is 17.3. The van der Waals surface area contributed by atoms with Crippen molar-refractivity contribution in [1.82, 2.24) is 9.21 Å². The molecule has 0 N–H and O–H groups in total. The van der Waals surface area contributed by atoms with Gasteiger partial charge in [-0.1, -0.05) is 25.0 Å². The van der Waals surface area contributed by atoms with Crippen molar-refractivity contribution in [2.24, 2.45) is 0 Å². The molecule has 1 saturated heterocycles. The highest BCUT2D eigenvalue weighted by Gasteiger charge is 2.24. The fraction of sp³-hybridized carbons (Fsp3) is 0.650. The molecule has 1 heterocycles. The maximum atomic E-state index is 12.8. The topological polar surface area (TPSA) is 66.9 Å². The first-order valence-corrected chi connectivity index (χ1v) is 11.2. The van der Waals surface area contributed by atoms with Crippen molar-refractivity contribution in [3.8, 4) is 0 Å². The Labute approximate surface area is 163 Å². The van der Waals surface area contributed by atoms with Gasteiger partial charge in [-0.3, -0.25) is 4.79 Å². The number of hydrogen-bond acceptors (Lipinski definition) is 4. The van der Waals surface area contributed by atoms with Crippen LogP contribution in [0.5, 0.6) is 0 Å². The lowest BCUT2D eigenvalue weighted by molar-refractivity contribution is -0.130. The molecule has 1 aliphatic rings. The van der Waals surface area contributed by atoms with Gasteiger partial charge in [0.2, 0.25) is 15.9 Å². The molecule has 2 rings (SSSR count). The number of aryl methyl sites for hydroxylation is 1. The second kappa shape index (κ2) is 10.8. The largest absolute Gasteiger partial charge is 0.385 e. The Balaban J connectivity index is 1.89. The van der Waals surface area contributed by atoms with Crippen LogP contribution < -0.4 is 0 Å². The summed E-state index contributed by atoms with van der Waals surface area (Å²) in [5.41, 5.74) is 0.975. The lowest BCUT2D eigenvalue weighted by Crippen LogP contribution is -2.31. The summed E-state index contributed by atoms with van der Waals surface area (Å²) < 4.78 is 32.2. The van der Waals surface area contributed by atoms with Crippen molar-refractivity contribution < 1.29 is 17.9 Å². The molecule has 0 saturated carbocycles. The van der Waals surface area contributed by atoms with Gasteiger partial charge in [0.25, 0.3) is 0 Å². The molecule has 0 unspecified atom stereocenters. The molecule has 152 valence electrons. The molecule has 1 fully saturated rings. The summed E-state index contributed by atoms with van der Waals surface area (Å²) in [7, 11) is 0.0384. The first-order chi connectivity index (χ1) is 12.9. The quantitative estimate of drug-likeness (QED) is 0.602. The highest BCUT2D eigenvalue weighted by molar-refractivity contribution is 7.89. The molecule has 27 heavy (non-hydrogen) atoms. The van der Waals surface area contributed by atoms with E-state index in [-0.39, 0.29) is 5.91 Å². The fourth-order valence-corrected chi connectivity index (χ4v) is 4.79. The maximum Gasteiger partial charge on any atom is 0.243 e. The van der Waals surface area contributed by atoms with Crippen LogP contribution in [0.3, 0.4) is 0 Å². The van der Waals surface area contributed by atoms with E-state index in [9.17, 15) is 13.2 Å². The summed E-state index contributed by atoms with van der Waals surface area (Å²) in [5, 5.41) is 0. The van der Waals surface area contributed by atoms with Crippen LogP contribution in [-0.4, -0.2) is 63.9 Å². The number of benzene rings is 1. The third-order valence-corrected chi connectivity index (χ3v) is 6.93. The monoisotopic (exact) mass is 396 g/mol. The molecule has 1 aromatic carbocycles. The van der Waals surface area contributed by atoms with E-state index in [0.717, 1.165) is 37.7 Å². The zero-order valence-electron chi connectivity index (χ0n) is 16.5. The fourth-order valence-electron chi connectivity index (χ4n) is 3.27. The normalized spacial score (nSPS) is 16.1. The Morgan fingerprint density at radius 2 is 1.74 bits per heavy atom. The Kier molecular flexibility index (Phi) is 8.73. The molecule has 6 nitrogen and oxygen atoms in total. The SMILES string of the molecule is COCCCN(C)C(=O)CCc1ccc(S(=O)(=O)N2CCCCCC2)cc1. The van der Waals surface area contributed by atoms with Crippen LogP contribution in [-0.2, 0) is 26.0 Å². The molecule has 0 aromatic heterocycles. The number of nitrogens with zero attached hydrogens (tertiary/aromatic N) is 2. The summed E-state index contributed by atoms with van der Waals surface area (Å²) in [6, 6.07) is 6.98. The van der Waals surface area contributed by atoms with Gasteiger partial charge in [-0.2, -0.15) is 4.31 Å². The predicted molar refractivity (Wildman–Crippen MR) is 106 cm³/mol. The third kappa shape index (κ3) is 6.59. The van der Waals surface area contributed by atoms with Crippen LogP contribution in [0.25, 0.3) is 0 Å². The van der Waals surface area contributed by atoms with E-state index in [1.807, 2.05) is 12.1 Å². The molecule has 0 radical (unpaired) electrons. The Hall–Kier alpha value is -1.44. The van der Waals surface area contributed by atoms with E-state index >= 15 is 0 Å². The molecule has 1 aromatic rings. The van der Waals surface area contributed by atoms with E-state index in [1.54, 1.807) is 35.5 Å². The molecule has 1 amide bonds. The van der Waals surface area contributed by atoms with Gasteiger partial charge in [-0.15, -0.1) is 0 Å². The lowest BCUT2D eigenvalue weighted by Gasteiger charge is -2.20. The minimum atomic E-state index is -3.41. The van der Waals surface area contributed by atoms with Crippen molar-refractivity contribution >= 4 is 15.9 Å². The number of ether oxygens (including phenoxy) is 1. The minimum absolute atomic E-state index is 0.0902. The Bertz CT molecular complexity index is 680. The molecule has 0 bridgehead atoms. The van der Waals surface area contributed by atoms with E-state index in [1.165, 1.54) is 0 Å². The number of rotatable bonds is 9. The molecule has 0 spiro atoms. The first kappa shape index (κ1) is 21.9. The van der Waals surface area contributed by atoms with Crippen LogP contribution >= 0.6 is 0 Å². The summed E-state index contributed by atoms with van der Waals surface area (Å²) in [6.07, 6.45) is 5.90. The van der Waals surface area contributed by atoms with Gasteiger partial charge >= 0.3 is 0 Å². The van der Waals surface area contributed by atoms with Crippen molar-refractivity contribution in [3.05, 3.63) is 29.8 Å². The van der Waals surface area contributed by atoms with Crippen LogP contribution in [0.1, 0.15) is 44.1 Å². The molecule has 1 aliphatic heterocycles. The van der Waals surface area contributed by atoms with Crippen LogP contribution in [0.2, 0.25) is 0 Å². The molecular weight excluding hydrogens is 364 g/mol. The average molecular weight is 397 g/mol. The second-order valence-corrected chi connectivity index (χ2v) is 9.06. The summed E-state index contributed by atoms with van der Waals surface area (Å²) in [4.78, 5) is 14.2. The Morgan fingerprint density at radius 1 is 1.11 bits per heavy atom. The number of amides is 1. The van der Waals surface area contributed by atoms with Gasteiger partial charge in [0, 0.05) is 46.8 Å². The average Bonchev–Trinajstić information content (AvgIpc) is 2.96. The van der Waals surface area contributed by atoms with Gasteiger partial charge < -0.3 is 9.64 Å². The number of carbonyl (C=O) groups is 1. The van der Waals surface area contributed by atoms with Crippen molar-refractivity contribution in [3.63, 3.8) is 0 Å². The zero-order chi connectivity index (χ0) is 19.7. The highest BCUT2D eigenvalue weighted by atomic mass is 32.2. The Morgan fingerprint density at radius 3 is 2.33 bits per heavy atom. The number of carbonyl (C=O) groups excluding carboxylic acids is 1. The molecular formula is C20H32N2O4S. The van der Waals surface area contributed by atoms with Gasteiger partial charge in [-0.05, 0) is 43.4 Å². The molecule has 0 aliphatic carbocycles. The van der Waals surface area contributed by atoms with Crippen molar-refractivity contribution in [2.45, 2.75) is 49.8 Å². The van der Waals surface area contributed by atoms with E-state index in [4.69, 9.17) is 4.74 Å². The van der Waals surface area contributed by atoms with Gasteiger partial charge in [-0.25, -0.2) is 8.42 Å². The van der Waals surface area contributed by atoms with Crippen molar-refractivity contribution in [2.75, 3.05) is 40.4 Å². The minimum Gasteiger partial charge on any atom is -0.385 e. The highest BCUT2D eigenvalue weighted by Crippen LogP contribution is 2.21. The standard InChI is InChI=1S/C20H32N2O4S/c1-21(14-7-17-26-2)20(23)13-10-18-8-11-19(12-9-18)27(24,25)22-15-5-3-4-6-16-22/h8-9,11-12H,3-7,10,13-17H2,1-2H3.